The summed E-state index contributed by atoms with van der Waals surface area (Å²) in [6.45, 7) is 5.01. The van der Waals surface area contributed by atoms with E-state index < -0.39 is 12.0 Å². The quantitative estimate of drug-likeness (QED) is 0.799. The van der Waals surface area contributed by atoms with Crippen LogP contribution in [0.4, 0.5) is 5.82 Å². The average molecular weight is 294 g/mol. The Kier molecular flexibility index (Phi) is 4.69. The molecular weight excluding hydrogens is 276 g/mol. The number of morpholine rings is 1. The molecule has 1 aliphatic rings. The highest BCUT2D eigenvalue weighted by atomic mass is 16.5. The number of carbonyl (C=O) groups is 2. The Balaban J connectivity index is 2.18. The third-order valence-electron chi connectivity index (χ3n) is 3.01. The van der Waals surface area contributed by atoms with Crippen LogP contribution < -0.4 is 10.2 Å². The second-order valence-electron chi connectivity index (χ2n) is 5.01. The molecule has 1 saturated heterocycles. The summed E-state index contributed by atoms with van der Waals surface area (Å²) in [4.78, 5) is 32.7. The van der Waals surface area contributed by atoms with Crippen LogP contribution in [0.5, 0.6) is 0 Å². The van der Waals surface area contributed by atoms with Crippen molar-refractivity contribution >= 4 is 17.7 Å². The molecule has 1 atom stereocenters. The van der Waals surface area contributed by atoms with Crippen LogP contribution >= 0.6 is 0 Å². The summed E-state index contributed by atoms with van der Waals surface area (Å²) >= 11 is 0. The van der Waals surface area contributed by atoms with Gasteiger partial charge in [0.25, 0.3) is 0 Å². The smallest absolute Gasteiger partial charge is 0.356 e. The zero-order valence-electron chi connectivity index (χ0n) is 11.9. The number of nitrogens with one attached hydrogen (secondary N) is 1. The summed E-state index contributed by atoms with van der Waals surface area (Å²) < 4.78 is 5.35. The van der Waals surface area contributed by atoms with E-state index in [0.29, 0.717) is 19.0 Å². The van der Waals surface area contributed by atoms with Crippen LogP contribution in [0.1, 0.15) is 24.3 Å². The number of carbonyl (C=O) groups excluding carboxylic acids is 1. The predicted molar refractivity (Wildman–Crippen MR) is 74.2 cm³/mol. The van der Waals surface area contributed by atoms with Crippen molar-refractivity contribution in [3.63, 3.8) is 0 Å². The molecule has 0 radical (unpaired) electrons. The van der Waals surface area contributed by atoms with Gasteiger partial charge >= 0.3 is 5.97 Å². The number of aromatic nitrogens is 2. The van der Waals surface area contributed by atoms with Gasteiger partial charge in [-0.1, -0.05) is 0 Å². The molecule has 8 heteroatoms. The molecule has 1 aromatic heterocycles. The molecule has 8 nitrogen and oxygen atoms in total. The molecule has 1 aliphatic heterocycles. The molecule has 2 N–H and O–H groups in total. The van der Waals surface area contributed by atoms with Gasteiger partial charge in [0.2, 0.25) is 5.91 Å². The van der Waals surface area contributed by atoms with Crippen LogP contribution in [-0.2, 0) is 9.53 Å². The summed E-state index contributed by atoms with van der Waals surface area (Å²) in [5.41, 5.74) is -0.129. The van der Waals surface area contributed by atoms with Crippen LogP contribution in [0.15, 0.2) is 12.4 Å². The summed E-state index contributed by atoms with van der Waals surface area (Å²) in [5.74, 6) is -0.814. The first-order valence-electron chi connectivity index (χ1n) is 6.69. The van der Waals surface area contributed by atoms with Gasteiger partial charge in [0, 0.05) is 12.6 Å². The summed E-state index contributed by atoms with van der Waals surface area (Å²) in [5, 5.41) is 11.7. The fourth-order valence-corrected chi connectivity index (χ4v) is 2.06. The van der Waals surface area contributed by atoms with Crippen LogP contribution in [-0.4, -0.2) is 58.8 Å². The highest BCUT2D eigenvalue weighted by molar-refractivity contribution is 5.86. The van der Waals surface area contributed by atoms with Crippen molar-refractivity contribution in [2.75, 3.05) is 24.7 Å². The van der Waals surface area contributed by atoms with Crippen LogP contribution in [0.2, 0.25) is 0 Å². The summed E-state index contributed by atoms with van der Waals surface area (Å²) in [7, 11) is 0. The first-order valence-corrected chi connectivity index (χ1v) is 6.69. The van der Waals surface area contributed by atoms with Gasteiger partial charge in [-0.15, -0.1) is 0 Å². The Hall–Kier alpha value is -2.22. The third kappa shape index (κ3) is 3.66. The number of rotatable bonds is 4. The normalized spacial score (nSPS) is 18.6. The monoisotopic (exact) mass is 294 g/mol. The standard InChI is InChI=1S/C13H18N4O4/c1-8(2)16-12(18)10-7-21-4-3-17(10)11-6-14-9(5-15-11)13(19)20/h5-6,8,10H,3-4,7H2,1-2H3,(H,16,18)(H,19,20). The number of hydrogen-bond donors (Lipinski definition) is 2. The maximum absolute atomic E-state index is 12.2. The minimum Gasteiger partial charge on any atom is -0.476 e. The molecule has 1 aromatic rings. The van der Waals surface area contributed by atoms with E-state index in [1.807, 2.05) is 13.8 Å². The topological polar surface area (TPSA) is 105 Å². The van der Waals surface area contributed by atoms with E-state index in [0.717, 1.165) is 0 Å². The highest BCUT2D eigenvalue weighted by Gasteiger charge is 2.31. The maximum Gasteiger partial charge on any atom is 0.356 e. The lowest BCUT2D eigenvalue weighted by Crippen LogP contribution is -2.55. The number of nitrogens with zero attached hydrogens (tertiary/aromatic N) is 3. The van der Waals surface area contributed by atoms with E-state index in [1.165, 1.54) is 12.4 Å². The molecule has 0 aliphatic carbocycles. The Bertz CT molecular complexity index is 517. The molecule has 2 heterocycles. The van der Waals surface area contributed by atoms with E-state index in [9.17, 15) is 9.59 Å². The van der Waals surface area contributed by atoms with E-state index >= 15 is 0 Å². The SMILES string of the molecule is CC(C)NC(=O)C1COCCN1c1cnc(C(=O)O)cn1. The van der Waals surface area contributed by atoms with E-state index in [2.05, 4.69) is 15.3 Å². The zero-order chi connectivity index (χ0) is 15.4. The minimum atomic E-state index is -1.13. The van der Waals surface area contributed by atoms with Gasteiger partial charge in [0.05, 0.1) is 25.6 Å². The first kappa shape index (κ1) is 15.2. The number of ether oxygens (including phenoxy) is 1. The fourth-order valence-electron chi connectivity index (χ4n) is 2.06. The Morgan fingerprint density at radius 2 is 2.19 bits per heavy atom. The summed E-state index contributed by atoms with van der Waals surface area (Å²) in [6, 6.07) is -0.465. The van der Waals surface area contributed by atoms with E-state index in [4.69, 9.17) is 9.84 Å². The summed E-state index contributed by atoms with van der Waals surface area (Å²) in [6.07, 6.45) is 2.55. The fraction of sp³-hybridized carbons (Fsp3) is 0.538. The average Bonchev–Trinajstić information content (AvgIpc) is 2.46. The molecule has 0 bridgehead atoms. The molecule has 21 heavy (non-hydrogen) atoms. The van der Waals surface area contributed by atoms with Gasteiger partial charge in [-0.2, -0.15) is 0 Å². The van der Waals surface area contributed by atoms with Crippen molar-refractivity contribution in [3.05, 3.63) is 18.1 Å². The van der Waals surface area contributed by atoms with Gasteiger partial charge in [-0.05, 0) is 13.8 Å². The largest absolute Gasteiger partial charge is 0.476 e. The Morgan fingerprint density at radius 3 is 2.76 bits per heavy atom. The Labute approximate surface area is 122 Å². The lowest BCUT2D eigenvalue weighted by Gasteiger charge is -2.35. The van der Waals surface area contributed by atoms with Gasteiger partial charge < -0.3 is 20.1 Å². The number of carboxylic acid groups (broad SMARTS) is 1. The van der Waals surface area contributed by atoms with Crippen molar-refractivity contribution in [2.45, 2.75) is 25.9 Å². The van der Waals surface area contributed by atoms with Gasteiger partial charge in [-0.25, -0.2) is 14.8 Å². The van der Waals surface area contributed by atoms with Crippen molar-refractivity contribution in [2.24, 2.45) is 0 Å². The highest BCUT2D eigenvalue weighted by Crippen LogP contribution is 2.16. The number of amides is 1. The molecule has 1 amide bonds. The second kappa shape index (κ2) is 6.49. The number of hydrogen-bond acceptors (Lipinski definition) is 6. The van der Waals surface area contributed by atoms with Gasteiger partial charge in [-0.3, -0.25) is 4.79 Å². The number of aromatic carboxylic acids is 1. The van der Waals surface area contributed by atoms with Crippen molar-refractivity contribution < 1.29 is 19.4 Å². The van der Waals surface area contributed by atoms with Crippen molar-refractivity contribution in [1.29, 1.82) is 0 Å². The molecule has 0 saturated carbocycles. The Morgan fingerprint density at radius 1 is 1.43 bits per heavy atom. The van der Waals surface area contributed by atoms with Gasteiger partial charge in [0.1, 0.15) is 11.9 Å². The zero-order valence-corrected chi connectivity index (χ0v) is 11.9. The molecule has 1 unspecified atom stereocenters. The van der Waals surface area contributed by atoms with Gasteiger partial charge in [0.15, 0.2) is 5.69 Å². The first-order chi connectivity index (χ1) is 9.99. The molecule has 2 rings (SSSR count). The van der Waals surface area contributed by atoms with Crippen molar-refractivity contribution in [3.8, 4) is 0 Å². The van der Waals surface area contributed by atoms with E-state index in [1.54, 1.807) is 4.90 Å². The molecule has 114 valence electrons. The lowest BCUT2D eigenvalue weighted by molar-refractivity contribution is -0.125. The molecule has 0 spiro atoms. The number of anilines is 1. The second-order valence-corrected chi connectivity index (χ2v) is 5.01. The molecule has 0 aromatic carbocycles. The van der Waals surface area contributed by atoms with Crippen LogP contribution in [0.25, 0.3) is 0 Å². The maximum atomic E-state index is 12.2. The third-order valence-corrected chi connectivity index (χ3v) is 3.01. The lowest BCUT2D eigenvalue weighted by atomic mass is 10.2. The molecule has 1 fully saturated rings. The minimum absolute atomic E-state index is 0.0294. The molecular formula is C13H18N4O4. The van der Waals surface area contributed by atoms with E-state index in [-0.39, 0.29) is 24.2 Å². The number of carboxylic acids is 1. The van der Waals surface area contributed by atoms with Crippen LogP contribution in [0, 0.1) is 0 Å². The van der Waals surface area contributed by atoms with Crippen LogP contribution in [0.3, 0.4) is 0 Å². The van der Waals surface area contributed by atoms with Crippen molar-refractivity contribution in [1.82, 2.24) is 15.3 Å². The predicted octanol–water partition coefficient (Wildman–Crippen LogP) is -0.0954.